The fourth-order valence-corrected chi connectivity index (χ4v) is 5.08. The van der Waals surface area contributed by atoms with Crippen molar-refractivity contribution in [2.45, 2.75) is 95.1 Å². The van der Waals surface area contributed by atoms with Gasteiger partial charge in [0.25, 0.3) is 0 Å². The number of nitrogens with one attached hydrogen (secondary N) is 1. The zero-order valence-electron chi connectivity index (χ0n) is 18.3. The summed E-state index contributed by atoms with van der Waals surface area (Å²) in [6.07, 6.45) is -0.923. The van der Waals surface area contributed by atoms with Crippen LogP contribution in [0.4, 0.5) is 18.0 Å². The zero-order chi connectivity index (χ0) is 22.4. The first kappa shape index (κ1) is 22.3. The van der Waals surface area contributed by atoms with Crippen molar-refractivity contribution in [3.05, 3.63) is 5.82 Å². The molecule has 1 aromatic heterocycles. The number of halogens is 3. The summed E-state index contributed by atoms with van der Waals surface area (Å²) in [4.78, 5) is 14.4. The monoisotopic (exact) mass is 444 g/mol. The smallest absolute Gasteiger partial charge is 0.410 e. The van der Waals surface area contributed by atoms with E-state index in [2.05, 4.69) is 20.8 Å². The van der Waals surface area contributed by atoms with E-state index in [-0.39, 0.29) is 37.1 Å². The van der Waals surface area contributed by atoms with Crippen LogP contribution in [0.25, 0.3) is 0 Å². The number of hydrogen-bond donors (Lipinski definition) is 1. The van der Waals surface area contributed by atoms with Crippen LogP contribution >= 0.6 is 0 Å². The number of amides is 1. The molecular weight excluding hydrogens is 413 g/mol. The second-order valence-corrected chi connectivity index (χ2v) is 10.1. The van der Waals surface area contributed by atoms with Crippen molar-refractivity contribution in [1.82, 2.24) is 30.4 Å². The Morgan fingerprint density at radius 3 is 2.55 bits per heavy atom. The van der Waals surface area contributed by atoms with Crippen LogP contribution in [-0.2, 0) is 10.3 Å². The number of piperidine rings is 1. The second kappa shape index (κ2) is 7.90. The fraction of sp³-hybridized carbons (Fsp3) is 0.900. The largest absolute Gasteiger partial charge is 0.444 e. The minimum absolute atomic E-state index is 0.0105. The molecule has 0 spiro atoms. The van der Waals surface area contributed by atoms with Gasteiger partial charge in [0.1, 0.15) is 5.60 Å². The summed E-state index contributed by atoms with van der Waals surface area (Å²) in [7, 11) is 0. The number of tetrazole rings is 1. The highest BCUT2D eigenvalue weighted by Crippen LogP contribution is 2.51. The standard InChI is InChI=1S/C20H31F3N6O2/c1-18(2,3)31-17(30)28-12-13-10-15(28)11-19(13,24-9-5-8-20(21,22)23)16-25-26-27-29(16)14-6-4-7-14/h13-15,24H,4-12H2,1-3H3. The summed E-state index contributed by atoms with van der Waals surface area (Å²) in [6.45, 7) is 6.19. The Bertz CT molecular complexity index is 804. The molecule has 2 bridgehead atoms. The number of carbonyl (C=O) groups is 1. The lowest BCUT2D eigenvalue weighted by molar-refractivity contribution is -0.135. The van der Waals surface area contributed by atoms with Gasteiger partial charge in [0.2, 0.25) is 0 Å². The summed E-state index contributed by atoms with van der Waals surface area (Å²) in [5.74, 6) is 0.710. The quantitative estimate of drug-likeness (QED) is 0.676. The Morgan fingerprint density at radius 1 is 1.26 bits per heavy atom. The Balaban J connectivity index is 1.53. The molecule has 31 heavy (non-hydrogen) atoms. The maximum atomic E-state index is 12.7. The highest BCUT2D eigenvalue weighted by Gasteiger charge is 2.59. The first-order valence-corrected chi connectivity index (χ1v) is 11.1. The first-order valence-electron chi connectivity index (χ1n) is 11.1. The molecule has 2 aliphatic carbocycles. The molecule has 1 aliphatic heterocycles. The number of rotatable bonds is 6. The van der Waals surface area contributed by atoms with Crippen molar-refractivity contribution in [3.8, 4) is 0 Å². The van der Waals surface area contributed by atoms with Crippen LogP contribution < -0.4 is 5.32 Å². The lowest BCUT2D eigenvalue weighted by atomic mass is 9.83. The number of aromatic nitrogens is 4. The summed E-state index contributed by atoms with van der Waals surface area (Å²) >= 11 is 0. The van der Waals surface area contributed by atoms with Crippen LogP contribution in [0, 0.1) is 5.92 Å². The summed E-state index contributed by atoms with van der Waals surface area (Å²) in [6, 6.07) is 0.182. The van der Waals surface area contributed by atoms with E-state index in [0.29, 0.717) is 18.8 Å². The van der Waals surface area contributed by atoms with E-state index in [9.17, 15) is 18.0 Å². The third-order valence-electron chi connectivity index (χ3n) is 6.69. The molecule has 4 rings (SSSR count). The molecule has 1 amide bonds. The average Bonchev–Trinajstić information content (AvgIpc) is 3.29. The molecule has 1 N–H and O–H groups in total. The van der Waals surface area contributed by atoms with Crippen LogP contribution in [-0.4, -0.2) is 62.1 Å². The number of carbonyl (C=O) groups excluding carboxylic acids is 1. The van der Waals surface area contributed by atoms with Gasteiger partial charge in [0.05, 0.1) is 11.6 Å². The second-order valence-electron chi connectivity index (χ2n) is 10.1. The van der Waals surface area contributed by atoms with E-state index in [0.717, 1.165) is 25.7 Å². The van der Waals surface area contributed by atoms with E-state index >= 15 is 0 Å². The van der Waals surface area contributed by atoms with Gasteiger partial charge in [0.15, 0.2) is 5.82 Å². The van der Waals surface area contributed by atoms with Crippen molar-refractivity contribution < 1.29 is 22.7 Å². The third-order valence-corrected chi connectivity index (χ3v) is 6.69. The van der Waals surface area contributed by atoms with E-state index in [4.69, 9.17) is 4.74 Å². The molecule has 2 heterocycles. The highest BCUT2D eigenvalue weighted by atomic mass is 19.4. The topological polar surface area (TPSA) is 85.2 Å². The normalized spacial score (nSPS) is 28.8. The molecule has 1 saturated heterocycles. The molecule has 2 saturated carbocycles. The minimum atomic E-state index is -4.18. The molecule has 3 fully saturated rings. The minimum Gasteiger partial charge on any atom is -0.444 e. The molecule has 0 aromatic carbocycles. The number of hydrogen-bond acceptors (Lipinski definition) is 6. The lowest BCUT2D eigenvalue weighted by Crippen LogP contribution is -2.56. The molecule has 8 nitrogen and oxygen atoms in total. The Kier molecular flexibility index (Phi) is 5.68. The van der Waals surface area contributed by atoms with Gasteiger partial charge in [0, 0.05) is 24.9 Å². The van der Waals surface area contributed by atoms with Crippen LogP contribution in [0.5, 0.6) is 0 Å². The highest BCUT2D eigenvalue weighted by molar-refractivity contribution is 5.69. The maximum absolute atomic E-state index is 12.7. The molecule has 0 radical (unpaired) electrons. The Labute approximate surface area is 179 Å². The van der Waals surface area contributed by atoms with Crippen molar-refractivity contribution in [3.63, 3.8) is 0 Å². The fourth-order valence-electron chi connectivity index (χ4n) is 5.08. The third kappa shape index (κ3) is 4.51. The summed E-state index contributed by atoms with van der Waals surface area (Å²) < 4.78 is 45.4. The van der Waals surface area contributed by atoms with Crippen molar-refractivity contribution in [2.75, 3.05) is 13.1 Å². The Morgan fingerprint density at radius 2 is 2.00 bits per heavy atom. The molecule has 1 aromatic rings. The van der Waals surface area contributed by atoms with E-state index in [1.165, 1.54) is 0 Å². The van der Waals surface area contributed by atoms with Crippen molar-refractivity contribution in [2.24, 2.45) is 5.92 Å². The number of fused-ring (bicyclic) bond motifs is 2. The van der Waals surface area contributed by atoms with Gasteiger partial charge in [-0.25, -0.2) is 9.48 Å². The van der Waals surface area contributed by atoms with Gasteiger partial charge in [-0.05, 0) is 76.3 Å². The van der Waals surface area contributed by atoms with Gasteiger partial charge in [-0.2, -0.15) is 13.2 Å². The number of alkyl halides is 3. The zero-order valence-corrected chi connectivity index (χ0v) is 18.3. The molecule has 11 heteroatoms. The maximum Gasteiger partial charge on any atom is 0.410 e. The van der Waals surface area contributed by atoms with Gasteiger partial charge >= 0.3 is 12.3 Å². The van der Waals surface area contributed by atoms with Crippen molar-refractivity contribution >= 4 is 6.09 Å². The SMILES string of the molecule is CC(C)(C)OC(=O)N1CC2CC1CC2(NCCCC(F)(F)F)c1nnnn1C1CCC1. The summed E-state index contributed by atoms with van der Waals surface area (Å²) in [5, 5.41) is 15.9. The van der Waals surface area contributed by atoms with Gasteiger partial charge in [-0.3, -0.25) is 0 Å². The number of nitrogens with zero attached hydrogens (tertiary/aromatic N) is 5. The molecule has 3 unspecified atom stereocenters. The van der Waals surface area contributed by atoms with Crippen LogP contribution in [0.3, 0.4) is 0 Å². The van der Waals surface area contributed by atoms with E-state index in [1.54, 1.807) is 4.90 Å². The summed E-state index contributed by atoms with van der Waals surface area (Å²) in [5.41, 5.74) is -1.21. The van der Waals surface area contributed by atoms with E-state index < -0.39 is 23.7 Å². The number of likely N-dealkylation sites (tertiary alicyclic amines) is 1. The van der Waals surface area contributed by atoms with E-state index in [1.807, 2.05) is 25.5 Å². The van der Waals surface area contributed by atoms with Crippen molar-refractivity contribution in [1.29, 1.82) is 0 Å². The molecule has 3 atom stereocenters. The van der Waals surface area contributed by atoms with Crippen LogP contribution in [0.2, 0.25) is 0 Å². The predicted octanol–water partition coefficient (Wildman–Crippen LogP) is 3.55. The van der Waals surface area contributed by atoms with Crippen LogP contribution in [0.15, 0.2) is 0 Å². The average molecular weight is 445 g/mol. The Hall–Kier alpha value is -1.91. The van der Waals surface area contributed by atoms with Gasteiger partial charge in [-0.1, -0.05) is 0 Å². The molecule has 3 aliphatic rings. The predicted molar refractivity (Wildman–Crippen MR) is 105 cm³/mol. The number of ether oxygens (including phenoxy) is 1. The molecule has 174 valence electrons. The first-order chi connectivity index (χ1) is 14.5. The lowest BCUT2D eigenvalue weighted by Gasteiger charge is -2.42. The van der Waals surface area contributed by atoms with Gasteiger partial charge < -0.3 is 15.0 Å². The van der Waals surface area contributed by atoms with Crippen LogP contribution in [0.1, 0.15) is 77.6 Å². The molecular formula is C20H31F3N6O2. The van der Waals surface area contributed by atoms with Gasteiger partial charge in [-0.15, -0.1) is 5.10 Å².